The zero-order valence-electron chi connectivity index (χ0n) is 12.6. The number of anilines is 1. The Bertz CT molecular complexity index is 488. The maximum atomic E-state index is 12.3. The Labute approximate surface area is 125 Å². The fourth-order valence-corrected chi connectivity index (χ4v) is 2.36. The van der Waals surface area contributed by atoms with Gasteiger partial charge in [-0.05, 0) is 30.9 Å². The molecule has 1 saturated heterocycles. The summed E-state index contributed by atoms with van der Waals surface area (Å²) in [5, 5.41) is 5.56. The van der Waals surface area contributed by atoms with Crippen molar-refractivity contribution in [1.82, 2.24) is 10.6 Å². The van der Waals surface area contributed by atoms with Gasteiger partial charge in [-0.3, -0.25) is 4.79 Å². The van der Waals surface area contributed by atoms with Crippen LogP contribution >= 0.6 is 0 Å². The van der Waals surface area contributed by atoms with Crippen LogP contribution < -0.4 is 15.5 Å². The van der Waals surface area contributed by atoms with E-state index >= 15 is 0 Å². The first-order valence-electron chi connectivity index (χ1n) is 7.48. The van der Waals surface area contributed by atoms with Gasteiger partial charge in [0.15, 0.2) is 0 Å². The molecule has 0 aromatic heterocycles. The average Bonchev–Trinajstić information content (AvgIpc) is 2.81. The van der Waals surface area contributed by atoms with Crippen molar-refractivity contribution >= 4 is 17.6 Å². The number of hydrogen-bond acceptors (Lipinski definition) is 2. The normalized spacial score (nSPS) is 18.1. The number of carbonyl (C=O) groups excluding carboxylic acids is 2. The highest BCUT2D eigenvalue weighted by atomic mass is 16.2. The number of nitrogens with zero attached hydrogens (tertiary/aromatic N) is 1. The summed E-state index contributed by atoms with van der Waals surface area (Å²) >= 11 is 0. The first-order chi connectivity index (χ1) is 10.1. The molecule has 0 bridgehead atoms. The molecule has 1 heterocycles. The molecular formula is C16H23N3O2. The third-order valence-electron chi connectivity index (χ3n) is 3.59. The highest BCUT2D eigenvalue weighted by Gasteiger charge is 2.33. The Morgan fingerprint density at radius 2 is 2.05 bits per heavy atom. The first kappa shape index (κ1) is 15.4. The summed E-state index contributed by atoms with van der Waals surface area (Å²) in [4.78, 5) is 25.8. The van der Waals surface area contributed by atoms with Crippen LogP contribution in [-0.2, 0) is 4.79 Å². The van der Waals surface area contributed by atoms with Crippen LogP contribution in [0.15, 0.2) is 30.3 Å². The summed E-state index contributed by atoms with van der Waals surface area (Å²) in [6.45, 7) is 5.49. The lowest BCUT2D eigenvalue weighted by Gasteiger charge is -2.17. The van der Waals surface area contributed by atoms with Gasteiger partial charge < -0.3 is 15.5 Å². The van der Waals surface area contributed by atoms with Crippen LogP contribution in [0.25, 0.3) is 0 Å². The van der Waals surface area contributed by atoms with E-state index in [-0.39, 0.29) is 11.9 Å². The van der Waals surface area contributed by atoms with Crippen molar-refractivity contribution in [1.29, 1.82) is 0 Å². The smallest absolute Gasteiger partial charge is 0.315 e. The summed E-state index contributed by atoms with van der Waals surface area (Å²) in [7, 11) is 0. The molecule has 1 aromatic carbocycles. The van der Waals surface area contributed by atoms with Gasteiger partial charge in [0.2, 0.25) is 5.91 Å². The number of rotatable bonds is 5. The molecule has 0 radical (unpaired) electrons. The molecule has 0 saturated carbocycles. The molecule has 1 atom stereocenters. The molecule has 5 nitrogen and oxygen atoms in total. The molecule has 0 spiro atoms. The number of para-hydroxylation sites is 1. The molecule has 1 fully saturated rings. The number of benzene rings is 1. The lowest BCUT2D eigenvalue weighted by molar-refractivity contribution is -0.118. The summed E-state index contributed by atoms with van der Waals surface area (Å²) in [5.74, 6) is 0.507. The maximum absolute atomic E-state index is 12.3. The van der Waals surface area contributed by atoms with Crippen molar-refractivity contribution < 1.29 is 9.59 Å². The molecule has 2 rings (SSSR count). The quantitative estimate of drug-likeness (QED) is 0.872. The Kier molecular flexibility index (Phi) is 5.20. The van der Waals surface area contributed by atoms with E-state index in [4.69, 9.17) is 0 Å². The minimum absolute atomic E-state index is 0.0415. The van der Waals surface area contributed by atoms with E-state index in [1.807, 2.05) is 30.3 Å². The molecule has 1 aromatic rings. The monoisotopic (exact) mass is 289 g/mol. The Morgan fingerprint density at radius 1 is 1.33 bits per heavy atom. The van der Waals surface area contributed by atoms with Crippen molar-refractivity contribution in [3.63, 3.8) is 0 Å². The first-order valence-corrected chi connectivity index (χ1v) is 7.48. The second kappa shape index (κ2) is 7.11. The van der Waals surface area contributed by atoms with E-state index in [0.717, 1.165) is 12.1 Å². The van der Waals surface area contributed by atoms with Crippen LogP contribution in [0.2, 0.25) is 0 Å². The van der Waals surface area contributed by atoms with Crippen LogP contribution in [0.4, 0.5) is 10.5 Å². The van der Waals surface area contributed by atoms with Gasteiger partial charge in [-0.25, -0.2) is 4.79 Å². The summed E-state index contributed by atoms with van der Waals surface area (Å²) in [6, 6.07) is 8.85. The Balaban J connectivity index is 1.83. The molecular weight excluding hydrogens is 266 g/mol. The van der Waals surface area contributed by atoms with E-state index < -0.39 is 6.04 Å². The topological polar surface area (TPSA) is 61.4 Å². The van der Waals surface area contributed by atoms with Gasteiger partial charge in [0, 0.05) is 18.8 Å². The number of hydrogen-bond donors (Lipinski definition) is 2. The second-order valence-corrected chi connectivity index (χ2v) is 5.75. The summed E-state index contributed by atoms with van der Waals surface area (Å²) in [5.41, 5.74) is 0.881. The van der Waals surface area contributed by atoms with Crippen LogP contribution in [0.5, 0.6) is 0 Å². The molecule has 1 aliphatic rings. The molecule has 114 valence electrons. The standard InChI is InChI=1S/C16H23N3O2/c1-12(2)8-10-17-16(21)18-14-9-11-19(15(14)20)13-6-4-3-5-7-13/h3-7,12,14H,8-11H2,1-2H3,(H2,17,18,21)/t14-/m0/s1. The molecule has 0 aliphatic carbocycles. The van der Waals surface area contributed by atoms with E-state index in [9.17, 15) is 9.59 Å². The summed E-state index contributed by atoms with van der Waals surface area (Å²) < 4.78 is 0. The van der Waals surface area contributed by atoms with Gasteiger partial charge in [-0.15, -0.1) is 0 Å². The van der Waals surface area contributed by atoms with Gasteiger partial charge in [0.1, 0.15) is 6.04 Å². The highest BCUT2D eigenvalue weighted by Crippen LogP contribution is 2.20. The van der Waals surface area contributed by atoms with Crippen molar-refractivity contribution in [3.8, 4) is 0 Å². The second-order valence-electron chi connectivity index (χ2n) is 5.75. The zero-order valence-corrected chi connectivity index (χ0v) is 12.6. The van der Waals surface area contributed by atoms with Gasteiger partial charge >= 0.3 is 6.03 Å². The Hall–Kier alpha value is -2.04. The van der Waals surface area contributed by atoms with Crippen LogP contribution in [-0.4, -0.2) is 31.1 Å². The SMILES string of the molecule is CC(C)CCNC(=O)N[C@H]1CCN(c2ccccc2)C1=O. The number of amides is 3. The zero-order chi connectivity index (χ0) is 15.2. The Morgan fingerprint density at radius 3 is 2.71 bits per heavy atom. The minimum atomic E-state index is -0.427. The largest absolute Gasteiger partial charge is 0.338 e. The minimum Gasteiger partial charge on any atom is -0.338 e. The van der Waals surface area contributed by atoms with E-state index in [1.54, 1.807) is 4.90 Å². The van der Waals surface area contributed by atoms with Gasteiger partial charge in [0.05, 0.1) is 0 Å². The molecule has 21 heavy (non-hydrogen) atoms. The predicted octanol–water partition coefficient (Wildman–Crippen LogP) is 2.14. The molecule has 2 N–H and O–H groups in total. The predicted molar refractivity (Wildman–Crippen MR) is 83.2 cm³/mol. The molecule has 5 heteroatoms. The van der Waals surface area contributed by atoms with Crippen molar-refractivity contribution in [3.05, 3.63) is 30.3 Å². The van der Waals surface area contributed by atoms with Crippen LogP contribution in [0.3, 0.4) is 0 Å². The molecule has 1 aliphatic heterocycles. The third-order valence-corrected chi connectivity index (χ3v) is 3.59. The van der Waals surface area contributed by atoms with Crippen molar-refractivity contribution in [2.45, 2.75) is 32.7 Å². The van der Waals surface area contributed by atoms with E-state index in [1.165, 1.54) is 0 Å². The van der Waals surface area contributed by atoms with Crippen molar-refractivity contribution in [2.24, 2.45) is 5.92 Å². The fourth-order valence-electron chi connectivity index (χ4n) is 2.36. The number of carbonyl (C=O) groups is 2. The van der Waals surface area contributed by atoms with Crippen molar-refractivity contribution in [2.75, 3.05) is 18.0 Å². The fraction of sp³-hybridized carbons (Fsp3) is 0.500. The summed E-state index contributed by atoms with van der Waals surface area (Å²) in [6.07, 6.45) is 1.58. The van der Waals surface area contributed by atoms with Crippen LogP contribution in [0, 0.1) is 5.92 Å². The third kappa shape index (κ3) is 4.21. The van der Waals surface area contributed by atoms with Crippen LogP contribution in [0.1, 0.15) is 26.7 Å². The number of nitrogens with one attached hydrogen (secondary N) is 2. The maximum Gasteiger partial charge on any atom is 0.315 e. The van der Waals surface area contributed by atoms with Gasteiger partial charge in [0.25, 0.3) is 0 Å². The van der Waals surface area contributed by atoms with E-state index in [0.29, 0.717) is 25.4 Å². The lowest BCUT2D eigenvalue weighted by Crippen LogP contribution is -2.46. The highest BCUT2D eigenvalue weighted by molar-refractivity contribution is 6.01. The molecule has 3 amide bonds. The average molecular weight is 289 g/mol. The van der Waals surface area contributed by atoms with Gasteiger partial charge in [-0.2, -0.15) is 0 Å². The lowest BCUT2D eigenvalue weighted by atomic mass is 10.1. The molecule has 0 unspecified atom stereocenters. The van der Waals surface area contributed by atoms with E-state index in [2.05, 4.69) is 24.5 Å². The number of urea groups is 1. The van der Waals surface area contributed by atoms with Gasteiger partial charge in [-0.1, -0.05) is 32.0 Å².